The first-order valence-electron chi connectivity index (χ1n) is 15.9. The van der Waals surface area contributed by atoms with E-state index in [4.69, 9.17) is 9.57 Å². The van der Waals surface area contributed by atoms with E-state index >= 15 is 0 Å². The smallest absolute Gasteiger partial charge is 0.329 e. The zero-order valence-electron chi connectivity index (χ0n) is 26.8. The molecule has 9 nitrogen and oxygen atoms in total. The lowest BCUT2D eigenvalue weighted by Gasteiger charge is -2.32. The molecule has 1 aliphatic carbocycles. The lowest BCUT2D eigenvalue weighted by Crippen LogP contribution is -2.42. The summed E-state index contributed by atoms with van der Waals surface area (Å²) < 4.78 is 5.47. The standard InChI is InChI=1S/C36H44N4O5/c1-24-20-25(2)34(26(3)21-24)38-36(43)37-33-22-30(29-12-10-28(11-13-29)23-39-16-18-44-19-17-39)14-15-32(33)35(42)40(45-27(4)41)31-8-6-5-7-9-31/h10-15,20-22,31H,5-9,16-19,23H2,1-4H3,(H2,37,38,43). The molecule has 3 amide bonds. The number of aryl methyl sites for hydroxylation is 3. The minimum atomic E-state index is -0.555. The predicted octanol–water partition coefficient (Wildman–Crippen LogP) is 7.01. The Kier molecular flexibility index (Phi) is 10.5. The predicted molar refractivity (Wildman–Crippen MR) is 176 cm³/mol. The number of carbonyl (C=O) groups is 3. The molecule has 0 atom stereocenters. The topological polar surface area (TPSA) is 100 Å². The molecule has 45 heavy (non-hydrogen) atoms. The number of rotatable bonds is 7. The van der Waals surface area contributed by atoms with Crippen molar-refractivity contribution in [1.82, 2.24) is 9.96 Å². The summed E-state index contributed by atoms with van der Waals surface area (Å²) in [5.74, 6) is -1.01. The van der Waals surface area contributed by atoms with E-state index < -0.39 is 17.9 Å². The van der Waals surface area contributed by atoms with Gasteiger partial charge in [-0.05, 0) is 73.6 Å². The van der Waals surface area contributed by atoms with Crippen LogP contribution >= 0.6 is 0 Å². The van der Waals surface area contributed by atoms with Crippen LogP contribution in [-0.2, 0) is 20.9 Å². The molecule has 1 aliphatic heterocycles. The first-order valence-corrected chi connectivity index (χ1v) is 15.9. The molecule has 2 fully saturated rings. The van der Waals surface area contributed by atoms with Gasteiger partial charge in [0.2, 0.25) is 0 Å². The quantitative estimate of drug-likeness (QED) is 0.279. The van der Waals surface area contributed by atoms with Gasteiger partial charge in [0.15, 0.2) is 0 Å². The number of morpholine rings is 1. The fraction of sp³-hybridized carbons (Fsp3) is 0.417. The lowest BCUT2D eigenvalue weighted by atomic mass is 9.94. The van der Waals surface area contributed by atoms with Crippen LogP contribution in [0.1, 0.15) is 71.6 Å². The van der Waals surface area contributed by atoms with Crippen LogP contribution in [-0.4, -0.2) is 60.2 Å². The van der Waals surface area contributed by atoms with Gasteiger partial charge in [-0.3, -0.25) is 14.5 Å². The van der Waals surface area contributed by atoms with E-state index in [-0.39, 0.29) is 11.6 Å². The van der Waals surface area contributed by atoms with Crippen molar-refractivity contribution in [2.45, 2.75) is 72.4 Å². The average Bonchev–Trinajstić information content (AvgIpc) is 3.02. The Bertz CT molecular complexity index is 1500. The Morgan fingerprint density at radius 1 is 0.867 bits per heavy atom. The highest BCUT2D eigenvalue weighted by molar-refractivity contribution is 6.07. The molecule has 1 saturated carbocycles. The molecule has 3 aromatic carbocycles. The van der Waals surface area contributed by atoms with E-state index in [1.54, 1.807) is 6.07 Å². The summed E-state index contributed by atoms with van der Waals surface area (Å²) in [4.78, 5) is 47.4. The third-order valence-corrected chi connectivity index (χ3v) is 8.54. The third kappa shape index (κ3) is 8.29. The molecule has 0 radical (unpaired) electrons. The summed E-state index contributed by atoms with van der Waals surface area (Å²) in [6.45, 7) is 11.4. The molecule has 0 spiro atoms. The number of benzene rings is 3. The normalized spacial score (nSPS) is 15.7. The molecular formula is C36H44N4O5. The molecule has 1 saturated heterocycles. The molecule has 0 aromatic heterocycles. The summed E-state index contributed by atoms with van der Waals surface area (Å²) in [6.07, 6.45) is 4.51. The van der Waals surface area contributed by atoms with Gasteiger partial charge in [0.1, 0.15) is 0 Å². The Balaban J connectivity index is 1.45. The number of urea groups is 1. The van der Waals surface area contributed by atoms with Gasteiger partial charge in [0, 0.05) is 32.2 Å². The van der Waals surface area contributed by atoms with Crippen LogP contribution in [0.15, 0.2) is 54.6 Å². The highest BCUT2D eigenvalue weighted by Crippen LogP contribution is 2.31. The van der Waals surface area contributed by atoms with Crippen LogP contribution in [0, 0.1) is 20.8 Å². The maximum atomic E-state index is 14.0. The highest BCUT2D eigenvalue weighted by atomic mass is 16.7. The molecule has 1 heterocycles. The number of amides is 3. The summed E-state index contributed by atoms with van der Waals surface area (Å²) in [5, 5.41) is 7.13. The Morgan fingerprint density at radius 2 is 1.51 bits per heavy atom. The lowest BCUT2D eigenvalue weighted by molar-refractivity contribution is -0.185. The molecule has 5 rings (SSSR count). The number of hydrogen-bond donors (Lipinski definition) is 2. The molecule has 238 valence electrons. The molecule has 2 N–H and O–H groups in total. The molecule has 9 heteroatoms. The SMILES string of the molecule is CC(=O)ON(C(=O)c1ccc(-c2ccc(CN3CCOCC3)cc2)cc1NC(=O)Nc1c(C)cc(C)cc1C)C1CCCCC1. The van der Waals surface area contributed by atoms with Crippen molar-refractivity contribution in [1.29, 1.82) is 0 Å². The van der Waals surface area contributed by atoms with Crippen LogP contribution < -0.4 is 10.6 Å². The monoisotopic (exact) mass is 612 g/mol. The molecule has 2 aliphatic rings. The van der Waals surface area contributed by atoms with E-state index in [2.05, 4.69) is 39.8 Å². The van der Waals surface area contributed by atoms with Gasteiger partial charge >= 0.3 is 12.0 Å². The molecular weight excluding hydrogens is 568 g/mol. The first kappa shape index (κ1) is 32.2. The van der Waals surface area contributed by atoms with Crippen molar-refractivity contribution < 1.29 is 24.0 Å². The van der Waals surface area contributed by atoms with E-state index in [0.29, 0.717) is 5.69 Å². The van der Waals surface area contributed by atoms with Crippen LogP contribution in [0.4, 0.5) is 16.2 Å². The average molecular weight is 613 g/mol. The maximum absolute atomic E-state index is 14.0. The van der Waals surface area contributed by atoms with Gasteiger partial charge in [-0.1, -0.05) is 67.3 Å². The van der Waals surface area contributed by atoms with Gasteiger partial charge < -0.3 is 20.2 Å². The maximum Gasteiger partial charge on any atom is 0.329 e. The fourth-order valence-corrected chi connectivity index (χ4v) is 6.33. The van der Waals surface area contributed by atoms with E-state index in [1.807, 2.05) is 45.0 Å². The number of carbonyl (C=O) groups excluding carboxylic acids is 3. The van der Waals surface area contributed by atoms with Gasteiger partial charge in [0.25, 0.3) is 5.91 Å². The molecule has 0 unspecified atom stereocenters. The Morgan fingerprint density at radius 3 is 2.16 bits per heavy atom. The Labute approximate surface area is 265 Å². The van der Waals surface area contributed by atoms with Crippen molar-refractivity contribution >= 4 is 29.3 Å². The molecule has 0 bridgehead atoms. The van der Waals surface area contributed by atoms with Crippen LogP contribution in [0.3, 0.4) is 0 Å². The van der Waals surface area contributed by atoms with Crippen molar-refractivity contribution in [2.24, 2.45) is 0 Å². The first-order chi connectivity index (χ1) is 21.7. The number of ether oxygens (including phenoxy) is 1. The summed E-state index contributed by atoms with van der Waals surface area (Å²) in [6, 6.07) is 17.1. The number of hydrogen-bond acceptors (Lipinski definition) is 6. The summed E-state index contributed by atoms with van der Waals surface area (Å²) in [7, 11) is 0. The number of hydroxylamine groups is 2. The van der Waals surface area contributed by atoms with Gasteiger partial charge in [-0.2, -0.15) is 5.06 Å². The van der Waals surface area contributed by atoms with Crippen molar-refractivity contribution in [2.75, 3.05) is 36.9 Å². The van der Waals surface area contributed by atoms with Gasteiger partial charge in [-0.25, -0.2) is 4.79 Å². The zero-order chi connectivity index (χ0) is 31.9. The minimum absolute atomic E-state index is 0.214. The Hall–Kier alpha value is -4.21. The van der Waals surface area contributed by atoms with Crippen molar-refractivity contribution in [3.05, 3.63) is 82.4 Å². The zero-order valence-corrected chi connectivity index (χ0v) is 26.8. The van der Waals surface area contributed by atoms with Gasteiger partial charge in [0.05, 0.1) is 30.5 Å². The largest absolute Gasteiger partial charge is 0.379 e. The van der Waals surface area contributed by atoms with Crippen molar-refractivity contribution in [3.63, 3.8) is 0 Å². The minimum Gasteiger partial charge on any atom is -0.379 e. The second kappa shape index (κ2) is 14.7. The van der Waals surface area contributed by atoms with Crippen molar-refractivity contribution in [3.8, 4) is 11.1 Å². The van der Waals surface area contributed by atoms with Crippen LogP contribution in [0.2, 0.25) is 0 Å². The number of anilines is 2. The van der Waals surface area contributed by atoms with Crippen LogP contribution in [0.5, 0.6) is 0 Å². The van der Waals surface area contributed by atoms with E-state index in [1.165, 1.54) is 17.6 Å². The van der Waals surface area contributed by atoms with E-state index in [9.17, 15) is 14.4 Å². The van der Waals surface area contributed by atoms with E-state index in [0.717, 1.165) is 98.5 Å². The van der Waals surface area contributed by atoms with Crippen LogP contribution in [0.25, 0.3) is 11.1 Å². The van der Waals surface area contributed by atoms with Gasteiger partial charge in [-0.15, -0.1) is 0 Å². The fourth-order valence-electron chi connectivity index (χ4n) is 6.33. The molecule has 3 aromatic rings. The second-order valence-corrected chi connectivity index (χ2v) is 12.2. The highest BCUT2D eigenvalue weighted by Gasteiger charge is 2.31. The third-order valence-electron chi connectivity index (χ3n) is 8.54. The summed E-state index contributed by atoms with van der Waals surface area (Å²) in [5.41, 5.74) is 7.33. The number of nitrogens with zero attached hydrogens (tertiary/aromatic N) is 2. The number of nitrogens with one attached hydrogen (secondary N) is 2. The second-order valence-electron chi connectivity index (χ2n) is 12.2. The summed E-state index contributed by atoms with van der Waals surface area (Å²) >= 11 is 0.